The standard InChI is InChI=1S/C14H18BrFN2O/c15-12-6-5-11(16)8-10(12)9-18-14(19)13-4-2-1-3-7-17-13/h5-6,8,13,17H,1-4,7,9H2,(H,18,19). The first kappa shape index (κ1) is 14.5. The largest absolute Gasteiger partial charge is 0.351 e. The Labute approximate surface area is 121 Å². The highest BCUT2D eigenvalue weighted by molar-refractivity contribution is 9.10. The van der Waals surface area contributed by atoms with Gasteiger partial charge in [-0.1, -0.05) is 28.8 Å². The van der Waals surface area contributed by atoms with E-state index in [0.717, 1.165) is 35.8 Å². The van der Waals surface area contributed by atoms with Crippen LogP contribution in [0.2, 0.25) is 0 Å². The van der Waals surface area contributed by atoms with E-state index in [1.165, 1.54) is 18.6 Å². The Morgan fingerprint density at radius 2 is 2.26 bits per heavy atom. The van der Waals surface area contributed by atoms with E-state index in [2.05, 4.69) is 26.6 Å². The number of hydrogen-bond donors (Lipinski definition) is 2. The second kappa shape index (κ2) is 7.01. The lowest BCUT2D eigenvalue weighted by Gasteiger charge is -2.16. The summed E-state index contributed by atoms with van der Waals surface area (Å²) in [6.45, 7) is 1.23. The van der Waals surface area contributed by atoms with Crippen LogP contribution in [0.25, 0.3) is 0 Å². The molecular weight excluding hydrogens is 311 g/mol. The Kier molecular flexibility index (Phi) is 5.34. The highest BCUT2D eigenvalue weighted by Crippen LogP contribution is 2.17. The zero-order valence-corrected chi connectivity index (χ0v) is 12.3. The zero-order valence-electron chi connectivity index (χ0n) is 10.7. The van der Waals surface area contributed by atoms with Crippen molar-refractivity contribution in [2.24, 2.45) is 0 Å². The van der Waals surface area contributed by atoms with Crippen molar-refractivity contribution in [3.8, 4) is 0 Å². The van der Waals surface area contributed by atoms with Gasteiger partial charge in [0.15, 0.2) is 0 Å². The molecule has 2 rings (SSSR count). The Bertz CT molecular complexity index is 445. The fourth-order valence-electron chi connectivity index (χ4n) is 2.24. The number of rotatable bonds is 3. The maximum Gasteiger partial charge on any atom is 0.237 e. The number of amides is 1. The van der Waals surface area contributed by atoms with Crippen LogP contribution >= 0.6 is 15.9 Å². The van der Waals surface area contributed by atoms with Gasteiger partial charge in [0.05, 0.1) is 6.04 Å². The van der Waals surface area contributed by atoms with Gasteiger partial charge in [-0.3, -0.25) is 4.79 Å². The van der Waals surface area contributed by atoms with Gasteiger partial charge >= 0.3 is 0 Å². The number of carbonyl (C=O) groups is 1. The number of carbonyl (C=O) groups excluding carboxylic acids is 1. The molecule has 1 aromatic carbocycles. The molecule has 1 aromatic rings. The summed E-state index contributed by atoms with van der Waals surface area (Å²) in [5.41, 5.74) is 0.752. The summed E-state index contributed by atoms with van der Waals surface area (Å²) in [5.74, 6) is -0.293. The van der Waals surface area contributed by atoms with Crippen molar-refractivity contribution in [3.63, 3.8) is 0 Å². The first-order valence-electron chi connectivity index (χ1n) is 6.62. The van der Waals surface area contributed by atoms with E-state index in [1.807, 2.05) is 0 Å². The minimum absolute atomic E-state index is 0.00180. The van der Waals surface area contributed by atoms with Crippen LogP contribution in [0.3, 0.4) is 0 Å². The van der Waals surface area contributed by atoms with Gasteiger partial charge in [0, 0.05) is 11.0 Å². The Morgan fingerprint density at radius 3 is 3.11 bits per heavy atom. The normalized spacial score (nSPS) is 19.8. The number of benzene rings is 1. The van der Waals surface area contributed by atoms with Crippen molar-refractivity contribution >= 4 is 21.8 Å². The summed E-state index contributed by atoms with van der Waals surface area (Å²) < 4.78 is 13.9. The van der Waals surface area contributed by atoms with Gasteiger partial charge in [0.25, 0.3) is 0 Å². The van der Waals surface area contributed by atoms with Crippen LogP contribution in [0.15, 0.2) is 22.7 Å². The maximum atomic E-state index is 13.1. The van der Waals surface area contributed by atoms with Crippen LogP contribution in [0.4, 0.5) is 4.39 Å². The molecule has 19 heavy (non-hydrogen) atoms. The number of halogens is 2. The molecule has 5 heteroatoms. The van der Waals surface area contributed by atoms with Crippen molar-refractivity contribution in [2.75, 3.05) is 6.54 Å². The van der Waals surface area contributed by atoms with Crippen molar-refractivity contribution in [1.82, 2.24) is 10.6 Å². The fraction of sp³-hybridized carbons (Fsp3) is 0.500. The first-order chi connectivity index (χ1) is 9.16. The van der Waals surface area contributed by atoms with Crippen molar-refractivity contribution in [2.45, 2.75) is 38.3 Å². The summed E-state index contributed by atoms with van der Waals surface area (Å²) in [4.78, 5) is 12.0. The molecule has 0 spiro atoms. The van der Waals surface area contributed by atoms with Crippen molar-refractivity contribution < 1.29 is 9.18 Å². The molecule has 1 amide bonds. The smallest absolute Gasteiger partial charge is 0.237 e. The quantitative estimate of drug-likeness (QED) is 0.895. The molecule has 104 valence electrons. The molecule has 0 aromatic heterocycles. The Hall–Kier alpha value is -0.940. The van der Waals surface area contributed by atoms with Gasteiger partial charge in [-0.2, -0.15) is 0 Å². The van der Waals surface area contributed by atoms with Crippen LogP contribution in [0.1, 0.15) is 31.2 Å². The molecule has 1 heterocycles. The summed E-state index contributed by atoms with van der Waals surface area (Å²) in [6, 6.07) is 4.36. The molecule has 0 saturated carbocycles. The van der Waals surface area contributed by atoms with E-state index >= 15 is 0 Å². The molecule has 0 bridgehead atoms. The number of hydrogen-bond acceptors (Lipinski definition) is 2. The molecule has 0 aliphatic carbocycles. The molecule has 1 fully saturated rings. The van der Waals surface area contributed by atoms with Crippen molar-refractivity contribution in [3.05, 3.63) is 34.1 Å². The van der Waals surface area contributed by atoms with Crippen LogP contribution < -0.4 is 10.6 Å². The highest BCUT2D eigenvalue weighted by atomic mass is 79.9. The minimum atomic E-state index is -0.292. The third-order valence-corrected chi connectivity index (χ3v) is 4.11. The van der Waals surface area contributed by atoms with Crippen LogP contribution in [-0.4, -0.2) is 18.5 Å². The van der Waals surface area contributed by atoms with Crippen LogP contribution in [0.5, 0.6) is 0 Å². The van der Waals surface area contributed by atoms with Gasteiger partial charge in [0.2, 0.25) is 5.91 Å². The van der Waals surface area contributed by atoms with E-state index in [1.54, 1.807) is 6.07 Å². The average molecular weight is 329 g/mol. The monoisotopic (exact) mass is 328 g/mol. The molecular formula is C14H18BrFN2O. The zero-order chi connectivity index (χ0) is 13.7. The van der Waals surface area contributed by atoms with Gasteiger partial charge in [-0.25, -0.2) is 4.39 Å². The van der Waals surface area contributed by atoms with Crippen molar-refractivity contribution in [1.29, 1.82) is 0 Å². The molecule has 3 nitrogen and oxygen atoms in total. The van der Waals surface area contributed by atoms with Gasteiger partial charge < -0.3 is 10.6 Å². The third kappa shape index (κ3) is 4.28. The van der Waals surface area contributed by atoms with E-state index < -0.39 is 0 Å². The molecule has 0 radical (unpaired) electrons. The average Bonchev–Trinajstić information content (AvgIpc) is 2.68. The topological polar surface area (TPSA) is 41.1 Å². The SMILES string of the molecule is O=C(NCc1cc(F)ccc1Br)C1CCCCCN1. The summed E-state index contributed by atoms with van der Waals surface area (Å²) >= 11 is 3.36. The molecule has 1 saturated heterocycles. The molecule has 1 unspecified atom stereocenters. The summed E-state index contributed by atoms with van der Waals surface area (Å²) in [7, 11) is 0. The highest BCUT2D eigenvalue weighted by Gasteiger charge is 2.19. The Morgan fingerprint density at radius 1 is 1.42 bits per heavy atom. The summed E-state index contributed by atoms with van der Waals surface area (Å²) in [6.07, 6.45) is 4.25. The summed E-state index contributed by atoms with van der Waals surface area (Å²) in [5, 5.41) is 6.11. The molecule has 1 aliphatic heterocycles. The predicted octanol–water partition coefficient (Wildman–Crippen LogP) is 2.74. The van der Waals surface area contributed by atoms with Gasteiger partial charge in [-0.05, 0) is 43.1 Å². The van der Waals surface area contributed by atoms with Crippen LogP contribution in [0, 0.1) is 5.82 Å². The lowest BCUT2D eigenvalue weighted by atomic mass is 10.1. The first-order valence-corrected chi connectivity index (χ1v) is 7.41. The second-order valence-corrected chi connectivity index (χ2v) is 5.66. The lowest BCUT2D eigenvalue weighted by molar-refractivity contribution is -0.123. The van der Waals surface area contributed by atoms with Crippen LogP contribution in [-0.2, 0) is 11.3 Å². The van der Waals surface area contributed by atoms with E-state index in [0.29, 0.717) is 6.54 Å². The van der Waals surface area contributed by atoms with Gasteiger partial charge in [0.1, 0.15) is 5.82 Å². The third-order valence-electron chi connectivity index (χ3n) is 3.34. The predicted molar refractivity (Wildman–Crippen MR) is 76.2 cm³/mol. The van der Waals surface area contributed by atoms with E-state index in [-0.39, 0.29) is 17.8 Å². The fourth-order valence-corrected chi connectivity index (χ4v) is 2.62. The lowest BCUT2D eigenvalue weighted by Crippen LogP contribution is -2.43. The number of nitrogens with one attached hydrogen (secondary N) is 2. The molecule has 1 atom stereocenters. The second-order valence-electron chi connectivity index (χ2n) is 4.81. The minimum Gasteiger partial charge on any atom is -0.351 e. The van der Waals surface area contributed by atoms with Gasteiger partial charge in [-0.15, -0.1) is 0 Å². The molecule has 1 aliphatic rings. The Balaban J connectivity index is 1.90. The maximum absolute atomic E-state index is 13.1. The van der Waals surface area contributed by atoms with E-state index in [4.69, 9.17) is 0 Å². The van der Waals surface area contributed by atoms with E-state index in [9.17, 15) is 9.18 Å². The molecule has 2 N–H and O–H groups in total.